The van der Waals surface area contributed by atoms with Gasteiger partial charge < -0.3 is 19.3 Å². The number of rotatable bonds is 13. The van der Waals surface area contributed by atoms with Gasteiger partial charge in [-0.2, -0.15) is 74.6 Å². The van der Waals surface area contributed by atoms with E-state index in [1.807, 2.05) is 0 Å². The molecule has 0 spiro atoms. The zero-order chi connectivity index (χ0) is 29.0. The molecule has 4 nitrogen and oxygen atoms in total. The van der Waals surface area contributed by atoms with Gasteiger partial charge in [-0.1, -0.05) is 0 Å². The maximum Gasteiger partial charge on any atom is 0.460 e. The molecule has 0 aromatic carbocycles. The Labute approximate surface area is 188 Å². The molecular formula is C15H13F17O4. The molecule has 0 radical (unpaired) electrons. The molecule has 0 aromatic heterocycles. The van der Waals surface area contributed by atoms with Gasteiger partial charge in [0.25, 0.3) is 0 Å². The van der Waals surface area contributed by atoms with Crippen molar-refractivity contribution in [3.63, 3.8) is 0 Å². The monoisotopic (exact) mass is 580 g/mol. The van der Waals surface area contributed by atoms with Crippen molar-refractivity contribution in [2.45, 2.75) is 72.6 Å². The third kappa shape index (κ3) is 5.03. The highest BCUT2D eigenvalue weighted by molar-refractivity contribution is 5.15. The quantitative estimate of drug-likeness (QED) is 0.187. The molecule has 0 amide bonds. The standard InChI is InChI=1S/C15H13F17O4/c1-34-7(33)6(36-4-5-3-35-5)2-8(16,17)9(18,19)10(20,21)11(22,23)12(24,25)13(26,27)14(28,29)15(30,31)32/h5-7,33H,2-4H2,1H3. The second-order valence-corrected chi connectivity index (χ2v) is 7.31. The van der Waals surface area contributed by atoms with Crippen LogP contribution in [0.3, 0.4) is 0 Å². The molecule has 1 fully saturated rings. The van der Waals surface area contributed by atoms with E-state index in [0.717, 1.165) is 0 Å². The lowest BCUT2D eigenvalue weighted by Gasteiger charge is -2.43. The van der Waals surface area contributed by atoms with Crippen LogP contribution in [0.2, 0.25) is 0 Å². The van der Waals surface area contributed by atoms with E-state index in [2.05, 4.69) is 14.2 Å². The number of hydrogen-bond acceptors (Lipinski definition) is 4. The van der Waals surface area contributed by atoms with Crippen molar-refractivity contribution in [1.82, 2.24) is 0 Å². The maximum atomic E-state index is 14.0. The minimum atomic E-state index is -8.70. The fraction of sp³-hybridized carbons (Fsp3) is 1.00. The highest BCUT2D eigenvalue weighted by Crippen LogP contribution is 2.64. The number of methoxy groups -OCH3 is 1. The predicted molar refractivity (Wildman–Crippen MR) is 77.8 cm³/mol. The Kier molecular flexibility index (Phi) is 8.57. The van der Waals surface area contributed by atoms with Gasteiger partial charge in [0.1, 0.15) is 12.2 Å². The summed E-state index contributed by atoms with van der Waals surface area (Å²) in [6, 6.07) is 0. The molecule has 3 unspecified atom stereocenters. The molecule has 0 aromatic rings. The van der Waals surface area contributed by atoms with Crippen LogP contribution in [-0.4, -0.2) is 91.6 Å². The minimum absolute atomic E-state index is 0.113. The molecule has 1 N–H and O–H groups in total. The number of halogens is 17. The molecule has 1 rings (SSSR count). The first-order chi connectivity index (χ1) is 15.7. The van der Waals surface area contributed by atoms with E-state index < -0.39 is 79.2 Å². The first-order valence-electron chi connectivity index (χ1n) is 8.83. The smallest absolute Gasteiger partial charge is 0.371 e. The van der Waals surface area contributed by atoms with Crippen molar-refractivity contribution < 1.29 is 94.0 Å². The molecule has 36 heavy (non-hydrogen) atoms. The van der Waals surface area contributed by atoms with Gasteiger partial charge in [-0.25, -0.2) is 0 Å². The van der Waals surface area contributed by atoms with Crippen LogP contribution in [0.1, 0.15) is 6.42 Å². The second-order valence-electron chi connectivity index (χ2n) is 7.31. The molecular weight excluding hydrogens is 567 g/mol. The molecule has 1 saturated heterocycles. The summed E-state index contributed by atoms with van der Waals surface area (Å²) < 4.78 is 238. The van der Waals surface area contributed by atoms with E-state index in [4.69, 9.17) is 0 Å². The first kappa shape index (κ1) is 32.7. The van der Waals surface area contributed by atoms with Crippen LogP contribution in [0, 0.1) is 0 Å². The SMILES string of the molecule is COC(O)C(CC(F)(F)C(F)(F)C(F)(F)C(F)(F)C(F)(F)C(F)(F)C(F)(F)C(F)(F)F)OCC1CO1. The normalized spacial score (nSPS) is 20.9. The van der Waals surface area contributed by atoms with Gasteiger partial charge >= 0.3 is 47.6 Å². The number of ether oxygens (including phenoxy) is 3. The molecule has 1 aliphatic heterocycles. The summed E-state index contributed by atoms with van der Waals surface area (Å²) in [5, 5.41) is 9.33. The van der Waals surface area contributed by atoms with E-state index >= 15 is 0 Å². The summed E-state index contributed by atoms with van der Waals surface area (Å²) in [6.07, 6.45) is -17.2. The zero-order valence-electron chi connectivity index (χ0n) is 17.0. The fourth-order valence-electron chi connectivity index (χ4n) is 2.37. The van der Waals surface area contributed by atoms with Crippen LogP contribution < -0.4 is 0 Å². The van der Waals surface area contributed by atoms with Crippen LogP contribution in [0.5, 0.6) is 0 Å². The zero-order valence-corrected chi connectivity index (χ0v) is 17.0. The van der Waals surface area contributed by atoms with Crippen LogP contribution >= 0.6 is 0 Å². The minimum Gasteiger partial charge on any atom is -0.371 e. The summed E-state index contributed by atoms with van der Waals surface area (Å²) in [5.74, 6) is -57.1. The van der Waals surface area contributed by atoms with E-state index in [1.54, 1.807) is 0 Å². The third-order valence-corrected chi connectivity index (χ3v) is 4.70. The lowest BCUT2D eigenvalue weighted by atomic mass is 9.87. The number of hydrogen-bond donors (Lipinski definition) is 1. The number of aliphatic hydroxyl groups is 1. The average molecular weight is 580 g/mol. The lowest BCUT2D eigenvalue weighted by Crippen LogP contribution is -2.74. The van der Waals surface area contributed by atoms with Gasteiger partial charge in [0.05, 0.1) is 13.2 Å². The van der Waals surface area contributed by atoms with Crippen molar-refractivity contribution in [2.75, 3.05) is 20.3 Å². The van der Waals surface area contributed by atoms with E-state index in [9.17, 15) is 79.7 Å². The van der Waals surface area contributed by atoms with Crippen molar-refractivity contribution >= 4 is 0 Å². The molecule has 1 aliphatic rings. The summed E-state index contributed by atoms with van der Waals surface area (Å²) in [4.78, 5) is 0. The molecule has 3 atom stereocenters. The first-order valence-corrected chi connectivity index (χ1v) is 8.83. The Bertz CT molecular complexity index is 762. The number of alkyl halides is 17. The van der Waals surface area contributed by atoms with Crippen molar-refractivity contribution in [2.24, 2.45) is 0 Å². The summed E-state index contributed by atoms with van der Waals surface area (Å²) in [6.45, 7) is -0.936. The maximum absolute atomic E-state index is 14.0. The van der Waals surface area contributed by atoms with Crippen molar-refractivity contribution in [1.29, 1.82) is 0 Å². The Balaban J connectivity index is 3.46. The van der Waals surface area contributed by atoms with Crippen LogP contribution in [0.25, 0.3) is 0 Å². The third-order valence-electron chi connectivity index (χ3n) is 4.70. The molecule has 216 valence electrons. The van der Waals surface area contributed by atoms with Crippen molar-refractivity contribution in [3.05, 3.63) is 0 Å². The molecule has 0 bridgehead atoms. The highest BCUT2D eigenvalue weighted by Gasteiger charge is 2.95. The van der Waals surface area contributed by atoms with Crippen LogP contribution in [0.4, 0.5) is 74.6 Å². The van der Waals surface area contributed by atoms with Gasteiger partial charge in [0.2, 0.25) is 0 Å². The Morgan fingerprint density at radius 3 is 1.39 bits per heavy atom. The summed E-state index contributed by atoms with van der Waals surface area (Å²) >= 11 is 0. The van der Waals surface area contributed by atoms with E-state index in [-0.39, 0.29) is 6.61 Å². The fourth-order valence-corrected chi connectivity index (χ4v) is 2.37. The second kappa shape index (κ2) is 9.44. The largest absolute Gasteiger partial charge is 0.460 e. The van der Waals surface area contributed by atoms with Gasteiger partial charge in [-0.15, -0.1) is 0 Å². The van der Waals surface area contributed by atoms with Crippen LogP contribution in [-0.2, 0) is 14.2 Å². The van der Waals surface area contributed by atoms with Gasteiger partial charge in [0, 0.05) is 13.5 Å². The molecule has 0 saturated carbocycles. The summed E-state index contributed by atoms with van der Waals surface area (Å²) in [5.41, 5.74) is 0. The lowest BCUT2D eigenvalue weighted by molar-refractivity contribution is -0.462. The van der Waals surface area contributed by atoms with Gasteiger partial charge in [-0.3, -0.25) is 0 Å². The Morgan fingerprint density at radius 2 is 1.06 bits per heavy atom. The molecule has 21 heteroatoms. The van der Waals surface area contributed by atoms with Gasteiger partial charge in [-0.05, 0) is 0 Å². The number of aliphatic hydroxyl groups excluding tert-OH is 1. The van der Waals surface area contributed by atoms with Crippen molar-refractivity contribution in [3.8, 4) is 0 Å². The molecule has 1 heterocycles. The Morgan fingerprint density at radius 1 is 0.694 bits per heavy atom. The van der Waals surface area contributed by atoms with Crippen LogP contribution in [0.15, 0.2) is 0 Å². The Hall–Kier alpha value is -1.35. The average Bonchev–Trinajstić information content (AvgIpc) is 3.53. The predicted octanol–water partition coefficient (Wildman–Crippen LogP) is 5.13. The molecule has 0 aliphatic carbocycles. The van der Waals surface area contributed by atoms with Gasteiger partial charge in [0.15, 0.2) is 6.29 Å². The highest BCUT2D eigenvalue weighted by atomic mass is 19.4. The number of epoxide rings is 1. The summed E-state index contributed by atoms with van der Waals surface area (Å²) in [7, 11) is 0.497. The van der Waals surface area contributed by atoms with E-state index in [1.165, 1.54) is 0 Å². The topological polar surface area (TPSA) is 51.2 Å². The van der Waals surface area contributed by atoms with E-state index in [0.29, 0.717) is 7.11 Å².